The summed E-state index contributed by atoms with van der Waals surface area (Å²) in [5.41, 5.74) is 10.2. The Morgan fingerprint density at radius 2 is 1.52 bits per heavy atom. The van der Waals surface area contributed by atoms with E-state index in [1.807, 2.05) is 36.4 Å². The number of alkyl halides is 6. The minimum absolute atomic E-state index is 0.237. The fourth-order valence-electron chi connectivity index (χ4n) is 5.18. The van der Waals surface area contributed by atoms with Gasteiger partial charge in [-0.3, -0.25) is 14.5 Å². The molecule has 2 N–H and O–H groups in total. The van der Waals surface area contributed by atoms with Gasteiger partial charge in [-0.2, -0.15) is 26.3 Å². The van der Waals surface area contributed by atoms with E-state index in [-0.39, 0.29) is 11.9 Å². The van der Waals surface area contributed by atoms with Gasteiger partial charge in [0.25, 0.3) is 0 Å². The molecule has 2 heterocycles. The van der Waals surface area contributed by atoms with Crippen LogP contribution in [0.3, 0.4) is 0 Å². The highest BCUT2D eigenvalue weighted by Gasteiger charge is 2.54. The average Bonchev–Trinajstić information content (AvgIpc) is 3.45. The largest absolute Gasteiger partial charge is 0.492 e. The van der Waals surface area contributed by atoms with E-state index in [1.54, 1.807) is 12.3 Å². The minimum atomic E-state index is -5.77. The van der Waals surface area contributed by atoms with Crippen LogP contribution in [-0.4, -0.2) is 60.0 Å². The highest BCUT2D eigenvalue weighted by atomic mass is 19.4. The van der Waals surface area contributed by atoms with Gasteiger partial charge >= 0.3 is 23.9 Å². The van der Waals surface area contributed by atoms with Gasteiger partial charge in [0.2, 0.25) is 0 Å². The van der Waals surface area contributed by atoms with Crippen molar-refractivity contribution < 1.29 is 49.8 Å². The van der Waals surface area contributed by atoms with Crippen LogP contribution in [0.25, 0.3) is 11.1 Å². The minimum Gasteiger partial charge on any atom is -0.492 e. The smallest absolute Gasteiger partial charge is 0.458 e. The number of nitrogens with zero attached hydrogens (tertiary/aromatic N) is 2. The monoisotopic (exact) mass is 655 g/mol. The lowest BCUT2D eigenvalue weighted by Crippen LogP contribution is -2.39. The fourth-order valence-corrected chi connectivity index (χ4v) is 5.18. The summed E-state index contributed by atoms with van der Waals surface area (Å²) in [5, 5.41) is 0. The molecule has 46 heavy (non-hydrogen) atoms. The highest BCUT2D eigenvalue weighted by Crippen LogP contribution is 2.36. The zero-order chi connectivity index (χ0) is 33.5. The molecule has 1 aliphatic heterocycles. The van der Waals surface area contributed by atoms with Crippen LogP contribution in [0.5, 0.6) is 11.5 Å². The number of hydrogen-bond donors (Lipinski definition) is 1. The topological polar surface area (TPSA) is 94.8 Å². The van der Waals surface area contributed by atoms with E-state index in [4.69, 9.17) is 15.2 Å². The molecule has 3 aromatic rings. The molecule has 1 fully saturated rings. The van der Waals surface area contributed by atoms with Crippen molar-refractivity contribution in [3.63, 3.8) is 0 Å². The Labute approximate surface area is 260 Å². The van der Waals surface area contributed by atoms with Crippen LogP contribution in [0.15, 0.2) is 54.7 Å². The molecule has 0 spiro atoms. The molecule has 248 valence electrons. The molecule has 1 unspecified atom stereocenters. The quantitative estimate of drug-likeness (QED) is 0.158. The molecule has 5 rings (SSSR count). The second-order valence-electron chi connectivity index (χ2n) is 10.9. The summed E-state index contributed by atoms with van der Waals surface area (Å²) in [5.74, 6) is -5.32. The van der Waals surface area contributed by atoms with Crippen molar-refractivity contribution in [2.45, 2.75) is 57.0 Å². The zero-order valence-electron chi connectivity index (χ0n) is 24.6. The summed E-state index contributed by atoms with van der Waals surface area (Å²) >= 11 is 0. The number of carbonyl (C=O) groups excluding carboxylic acids is 2. The molecule has 0 radical (unpaired) electrons. The van der Waals surface area contributed by atoms with Crippen LogP contribution < -0.4 is 15.2 Å². The van der Waals surface area contributed by atoms with Crippen LogP contribution in [0.4, 0.5) is 36.6 Å². The standard InChI is InChI=1S/C28H32FN3O2.C4F6O2/c29-23-10-7-21-5-1-2-6-26(25(21)18-23)34-27-17-22(19-31-28(27)30)20-8-11-24(12-9-20)33-16-15-32-13-3-4-14-32;5-3(6,7)1(11)2(12)4(8,9)10/h7-12,17-19,26H,1-6,13-16H2,(H2,30,31);. The van der Waals surface area contributed by atoms with Crippen molar-refractivity contribution in [2.75, 3.05) is 32.0 Å². The fraction of sp³-hybridized carbons (Fsp3) is 0.406. The molecule has 0 bridgehead atoms. The number of rotatable bonds is 8. The van der Waals surface area contributed by atoms with Crippen LogP contribution in [0.1, 0.15) is 49.3 Å². The Kier molecular flexibility index (Phi) is 11.3. The van der Waals surface area contributed by atoms with Crippen molar-refractivity contribution in [1.82, 2.24) is 9.88 Å². The molecule has 1 aromatic heterocycles. The maximum absolute atomic E-state index is 14.0. The first-order valence-electron chi connectivity index (χ1n) is 14.6. The number of nitrogen functional groups attached to an aromatic ring is 1. The SMILES string of the molecule is Nc1ncc(-c2ccc(OCCN3CCCC3)cc2)cc1OC1CCCCc2ccc(F)cc21.O=C(C(=O)C(F)(F)F)C(F)(F)F. The van der Waals surface area contributed by atoms with E-state index in [2.05, 4.69) is 9.88 Å². The highest BCUT2D eigenvalue weighted by molar-refractivity contribution is 6.41. The van der Waals surface area contributed by atoms with Crippen molar-refractivity contribution in [2.24, 2.45) is 0 Å². The summed E-state index contributed by atoms with van der Waals surface area (Å²) in [6, 6.07) is 14.9. The number of likely N-dealkylation sites (tertiary alicyclic amines) is 1. The lowest BCUT2D eigenvalue weighted by atomic mass is 10.0. The van der Waals surface area contributed by atoms with Gasteiger partial charge in [-0.15, -0.1) is 0 Å². The van der Waals surface area contributed by atoms with Gasteiger partial charge in [-0.1, -0.05) is 18.2 Å². The number of hydrogen-bond acceptors (Lipinski definition) is 7. The summed E-state index contributed by atoms with van der Waals surface area (Å²) in [6.45, 7) is 4.03. The van der Waals surface area contributed by atoms with Crippen LogP contribution in [0.2, 0.25) is 0 Å². The molecule has 2 aliphatic rings. The number of pyridine rings is 1. The van der Waals surface area contributed by atoms with Gasteiger partial charge in [0, 0.05) is 18.3 Å². The third kappa shape index (κ3) is 9.41. The molecule has 14 heteroatoms. The third-order valence-corrected chi connectivity index (χ3v) is 7.55. The second kappa shape index (κ2) is 14.9. The summed E-state index contributed by atoms with van der Waals surface area (Å²) in [6.07, 6.45) is -3.59. The summed E-state index contributed by atoms with van der Waals surface area (Å²) in [4.78, 5) is 26.1. The molecule has 0 amide bonds. The van der Waals surface area contributed by atoms with Crippen molar-refractivity contribution >= 4 is 17.4 Å². The van der Waals surface area contributed by atoms with Gasteiger partial charge in [0.05, 0.1) is 0 Å². The number of aromatic nitrogens is 1. The Morgan fingerprint density at radius 3 is 2.15 bits per heavy atom. The third-order valence-electron chi connectivity index (χ3n) is 7.55. The van der Waals surface area contributed by atoms with Gasteiger partial charge in [-0.25, -0.2) is 9.37 Å². The van der Waals surface area contributed by atoms with Crippen molar-refractivity contribution in [3.8, 4) is 22.6 Å². The van der Waals surface area contributed by atoms with Crippen molar-refractivity contribution in [3.05, 3.63) is 71.7 Å². The molecule has 1 aliphatic carbocycles. The predicted molar refractivity (Wildman–Crippen MR) is 155 cm³/mol. The van der Waals surface area contributed by atoms with E-state index in [9.17, 15) is 40.3 Å². The lowest BCUT2D eigenvalue weighted by molar-refractivity contribution is -0.193. The number of anilines is 1. The Hall–Kier alpha value is -4.20. The normalized spacial score (nSPS) is 16.9. The molecular weight excluding hydrogens is 623 g/mol. The van der Waals surface area contributed by atoms with E-state index in [1.165, 1.54) is 32.0 Å². The molecule has 1 saturated heterocycles. The molecular formula is C32H32F7N3O4. The van der Waals surface area contributed by atoms with E-state index in [0.29, 0.717) is 18.2 Å². The van der Waals surface area contributed by atoms with Gasteiger partial charge < -0.3 is 15.2 Å². The van der Waals surface area contributed by atoms with E-state index >= 15 is 0 Å². The number of carbonyl (C=O) groups is 2. The number of aryl methyl sites for hydroxylation is 1. The first kappa shape index (κ1) is 34.7. The maximum atomic E-state index is 14.0. The number of Topliss-reactive ketones (excluding diaryl/α,β-unsaturated/α-hetero) is 2. The van der Waals surface area contributed by atoms with E-state index < -0.39 is 23.9 Å². The number of nitrogens with two attached hydrogens (primary N) is 1. The summed E-state index contributed by atoms with van der Waals surface area (Å²) < 4.78 is 93.2. The Balaban J connectivity index is 0.000000342. The zero-order valence-corrected chi connectivity index (χ0v) is 24.6. The van der Waals surface area contributed by atoms with Crippen LogP contribution >= 0.6 is 0 Å². The van der Waals surface area contributed by atoms with Crippen LogP contribution in [0, 0.1) is 5.82 Å². The number of fused-ring (bicyclic) bond motifs is 1. The number of ether oxygens (including phenoxy) is 2. The first-order chi connectivity index (χ1) is 21.7. The van der Waals surface area contributed by atoms with Gasteiger partial charge in [0.1, 0.15) is 24.3 Å². The average molecular weight is 656 g/mol. The molecule has 7 nitrogen and oxygen atoms in total. The van der Waals surface area contributed by atoms with Crippen LogP contribution in [-0.2, 0) is 16.0 Å². The van der Waals surface area contributed by atoms with Gasteiger partial charge in [0.15, 0.2) is 11.6 Å². The Bertz CT molecular complexity index is 1480. The molecule has 0 saturated carbocycles. The number of ketones is 2. The number of halogens is 7. The predicted octanol–water partition coefficient (Wildman–Crippen LogP) is 7.04. The maximum Gasteiger partial charge on any atom is 0.458 e. The molecule has 1 atom stereocenters. The number of benzene rings is 2. The Morgan fingerprint density at radius 1 is 0.870 bits per heavy atom. The second-order valence-corrected chi connectivity index (χ2v) is 10.9. The van der Waals surface area contributed by atoms with Gasteiger partial charge in [-0.05, 0) is 98.6 Å². The van der Waals surface area contributed by atoms with Crippen molar-refractivity contribution in [1.29, 1.82) is 0 Å². The summed E-state index contributed by atoms with van der Waals surface area (Å²) in [7, 11) is 0. The lowest BCUT2D eigenvalue weighted by Gasteiger charge is -2.21. The molecule has 2 aromatic carbocycles. The van der Waals surface area contributed by atoms with E-state index in [0.717, 1.165) is 60.2 Å². The first-order valence-corrected chi connectivity index (χ1v) is 14.6.